The lowest BCUT2D eigenvalue weighted by Crippen LogP contribution is -2.31. The first-order valence-electron chi connectivity index (χ1n) is 5.74. The summed E-state index contributed by atoms with van der Waals surface area (Å²) in [5.74, 6) is -0.449. The standard InChI is InChI=1S/C12H18N2O3/c1-8(15)10(9(2)16)7-14-11-5-3-4-6-13-12(11)17/h7,11,15H,3-6H2,1-2H3,(H,13,17). The molecule has 0 aromatic rings. The average Bonchev–Trinajstić information content (AvgIpc) is 2.43. The van der Waals surface area contributed by atoms with Gasteiger partial charge in [-0.3, -0.25) is 14.6 Å². The van der Waals surface area contributed by atoms with E-state index < -0.39 is 6.04 Å². The number of aliphatic hydroxyl groups excluding tert-OH is 1. The number of nitrogens with one attached hydrogen (secondary N) is 1. The molecule has 5 heteroatoms. The Kier molecular flexibility index (Phi) is 4.87. The van der Waals surface area contributed by atoms with E-state index in [2.05, 4.69) is 10.3 Å². The highest BCUT2D eigenvalue weighted by Crippen LogP contribution is 2.09. The molecular weight excluding hydrogens is 220 g/mol. The van der Waals surface area contributed by atoms with Gasteiger partial charge in [-0.2, -0.15) is 0 Å². The van der Waals surface area contributed by atoms with Crippen molar-refractivity contribution in [2.75, 3.05) is 6.54 Å². The summed E-state index contributed by atoms with van der Waals surface area (Å²) in [4.78, 5) is 26.9. The Morgan fingerprint density at radius 3 is 2.76 bits per heavy atom. The van der Waals surface area contributed by atoms with Crippen LogP contribution in [0.4, 0.5) is 0 Å². The van der Waals surface area contributed by atoms with Crippen molar-refractivity contribution in [3.05, 3.63) is 11.3 Å². The molecule has 1 fully saturated rings. The van der Waals surface area contributed by atoms with Crippen molar-refractivity contribution in [2.24, 2.45) is 4.99 Å². The van der Waals surface area contributed by atoms with Gasteiger partial charge in [0.25, 0.3) is 0 Å². The highest BCUT2D eigenvalue weighted by Gasteiger charge is 2.19. The predicted molar refractivity (Wildman–Crippen MR) is 65.2 cm³/mol. The SMILES string of the molecule is CC(=O)C(C=NC1CCCCNC1=O)=C(C)O. The first-order valence-corrected chi connectivity index (χ1v) is 5.74. The van der Waals surface area contributed by atoms with Gasteiger partial charge in [0.05, 0.1) is 5.57 Å². The molecule has 0 saturated carbocycles. The van der Waals surface area contributed by atoms with Crippen LogP contribution in [0.3, 0.4) is 0 Å². The molecule has 1 aliphatic heterocycles. The summed E-state index contributed by atoms with van der Waals surface area (Å²) >= 11 is 0. The lowest BCUT2D eigenvalue weighted by molar-refractivity contribution is -0.122. The van der Waals surface area contributed by atoms with Crippen molar-refractivity contribution in [2.45, 2.75) is 39.2 Å². The Morgan fingerprint density at radius 2 is 2.18 bits per heavy atom. The van der Waals surface area contributed by atoms with E-state index in [1.807, 2.05) is 0 Å². The van der Waals surface area contributed by atoms with E-state index in [1.54, 1.807) is 0 Å². The van der Waals surface area contributed by atoms with Crippen molar-refractivity contribution in [1.82, 2.24) is 5.32 Å². The van der Waals surface area contributed by atoms with Gasteiger partial charge in [-0.15, -0.1) is 0 Å². The normalized spacial score (nSPS) is 22.9. The number of aliphatic hydroxyl groups is 1. The van der Waals surface area contributed by atoms with Crippen LogP contribution in [0.5, 0.6) is 0 Å². The number of carbonyl (C=O) groups excluding carboxylic acids is 2. The molecule has 1 amide bonds. The van der Waals surface area contributed by atoms with E-state index in [4.69, 9.17) is 0 Å². The number of rotatable bonds is 3. The zero-order valence-corrected chi connectivity index (χ0v) is 10.2. The summed E-state index contributed by atoms with van der Waals surface area (Å²) in [5, 5.41) is 12.1. The molecule has 0 aromatic heterocycles. The molecule has 94 valence electrons. The Bertz CT molecular complexity index is 368. The maximum absolute atomic E-state index is 11.6. The Morgan fingerprint density at radius 1 is 1.47 bits per heavy atom. The van der Waals surface area contributed by atoms with E-state index in [0.29, 0.717) is 13.0 Å². The molecule has 1 aliphatic rings. The smallest absolute Gasteiger partial charge is 0.244 e. The fourth-order valence-corrected chi connectivity index (χ4v) is 1.67. The summed E-state index contributed by atoms with van der Waals surface area (Å²) in [5.41, 5.74) is 0.155. The van der Waals surface area contributed by atoms with Crippen LogP contribution in [-0.4, -0.2) is 35.6 Å². The van der Waals surface area contributed by atoms with Gasteiger partial charge in [-0.25, -0.2) is 0 Å². The number of carbonyl (C=O) groups is 2. The quantitative estimate of drug-likeness (QED) is 0.440. The van der Waals surface area contributed by atoms with E-state index >= 15 is 0 Å². The summed E-state index contributed by atoms with van der Waals surface area (Å²) < 4.78 is 0. The van der Waals surface area contributed by atoms with Gasteiger partial charge in [-0.05, 0) is 33.1 Å². The highest BCUT2D eigenvalue weighted by molar-refractivity contribution is 6.12. The molecule has 0 radical (unpaired) electrons. The van der Waals surface area contributed by atoms with Crippen molar-refractivity contribution in [3.8, 4) is 0 Å². The number of allylic oxidation sites excluding steroid dienone is 2. The van der Waals surface area contributed by atoms with Crippen LogP contribution in [0.1, 0.15) is 33.1 Å². The molecule has 1 unspecified atom stereocenters. The van der Waals surface area contributed by atoms with E-state index in [1.165, 1.54) is 20.1 Å². The highest BCUT2D eigenvalue weighted by atomic mass is 16.3. The van der Waals surface area contributed by atoms with Crippen molar-refractivity contribution in [1.29, 1.82) is 0 Å². The lowest BCUT2D eigenvalue weighted by atomic mass is 10.1. The molecular formula is C12H18N2O3. The monoisotopic (exact) mass is 238 g/mol. The third-order valence-electron chi connectivity index (χ3n) is 2.66. The van der Waals surface area contributed by atoms with E-state index in [-0.39, 0.29) is 23.0 Å². The number of aliphatic imine (C=N–C) groups is 1. The first-order chi connectivity index (χ1) is 8.02. The molecule has 1 saturated heterocycles. The zero-order chi connectivity index (χ0) is 12.8. The Labute approximate surface area is 101 Å². The second-order valence-electron chi connectivity index (χ2n) is 4.14. The van der Waals surface area contributed by atoms with Crippen LogP contribution in [0.2, 0.25) is 0 Å². The van der Waals surface area contributed by atoms with Gasteiger partial charge in [0, 0.05) is 12.8 Å². The van der Waals surface area contributed by atoms with Gasteiger partial charge in [-0.1, -0.05) is 0 Å². The number of amides is 1. The number of nitrogens with zero attached hydrogens (tertiary/aromatic N) is 1. The van der Waals surface area contributed by atoms with Crippen molar-refractivity contribution >= 4 is 17.9 Å². The van der Waals surface area contributed by atoms with Crippen LogP contribution in [0.25, 0.3) is 0 Å². The van der Waals surface area contributed by atoms with Crippen LogP contribution in [0, 0.1) is 0 Å². The number of Topliss-reactive ketones (excluding diaryl/α,β-unsaturated/α-hetero) is 1. The topological polar surface area (TPSA) is 78.8 Å². The minimum atomic E-state index is -0.453. The second kappa shape index (κ2) is 6.18. The summed E-state index contributed by atoms with van der Waals surface area (Å²) in [7, 11) is 0. The largest absolute Gasteiger partial charge is 0.512 e. The number of hydrogen-bond donors (Lipinski definition) is 2. The molecule has 0 spiro atoms. The Hall–Kier alpha value is -1.65. The van der Waals surface area contributed by atoms with Crippen LogP contribution in [0.15, 0.2) is 16.3 Å². The zero-order valence-electron chi connectivity index (χ0n) is 10.2. The van der Waals surface area contributed by atoms with Crippen molar-refractivity contribution in [3.63, 3.8) is 0 Å². The second-order valence-corrected chi connectivity index (χ2v) is 4.14. The van der Waals surface area contributed by atoms with E-state index in [9.17, 15) is 14.7 Å². The molecule has 17 heavy (non-hydrogen) atoms. The lowest BCUT2D eigenvalue weighted by Gasteiger charge is -2.07. The van der Waals surface area contributed by atoms with Gasteiger partial charge < -0.3 is 10.4 Å². The molecule has 1 rings (SSSR count). The van der Waals surface area contributed by atoms with Crippen LogP contribution in [-0.2, 0) is 9.59 Å². The number of ketones is 1. The minimum Gasteiger partial charge on any atom is -0.512 e. The predicted octanol–water partition coefficient (Wildman–Crippen LogP) is 1.15. The molecule has 1 heterocycles. The molecule has 0 aromatic carbocycles. The maximum atomic E-state index is 11.6. The summed E-state index contributed by atoms with van der Waals surface area (Å²) in [6, 6.07) is -0.453. The maximum Gasteiger partial charge on any atom is 0.244 e. The molecule has 0 aliphatic carbocycles. The number of hydrogen-bond acceptors (Lipinski definition) is 4. The van der Waals surface area contributed by atoms with Gasteiger partial charge >= 0.3 is 0 Å². The van der Waals surface area contributed by atoms with Crippen molar-refractivity contribution < 1.29 is 14.7 Å². The fraction of sp³-hybridized carbons (Fsp3) is 0.583. The molecule has 5 nitrogen and oxygen atoms in total. The Balaban J connectivity index is 2.78. The third-order valence-corrected chi connectivity index (χ3v) is 2.66. The van der Waals surface area contributed by atoms with Gasteiger partial charge in [0.15, 0.2) is 5.78 Å². The van der Waals surface area contributed by atoms with E-state index in [0.717, 1.165) is 12.8 Å². The molecule has 2 N–H and O–H groups in total. The summed E-state index contributed by atoms with van der Waals surface area (Å²) in [6.45, 7) is 3.46. The molecule has 1 atom stereocenters. The summed E-state index contributed by atoms with van der Waals surface area (Å²) in [6.07, 6.45) is 3.86. The first kappa shape index (κ1) is 13.4. The van der Waals surface area contributed by atoms with Gasteiger partial charge in [0.2, 0.25) is 5.91 Å². The van der Waals surface area contributed by atoms with Crippen LogP contribution >= 0.6 is 0 Å². The average molecular weight is 238 g/mol. The minimum absolute atomic E-state index is 0.0738. The third kappa shape index (κ3) is 4.01. The van der Waals surface area contributed by atoms with Gasteiger partial charge in [0.1, 0.15) is 11.8 Å². The molecule has 0 bridgehead atoms. The van der Waals surface area contributed by atoms with Crippen LogP contribution < -0.4 is 5.32 Å². The fourth-order valence-electron chi connectivity index (χ4n) is 1.67.